The third-order valence-electron chi connectivity index (χ3n) is 4.07. The van der Waals surface area contributed by atoms with E-state index in [1.54, 1.807) is 23.2 Å². The maximum absolute atomic E-state index is 13.1. The summed E-state index contributed by atoms with van der Waals surface area (Å²) < 4.78 is 1.75. The van der Waals surface area contributed by atoms with Crippen LogP contribution in [0.3, 0.4) is 0 Å². The molecule has 3 rings (SSSR count). The first-order chi connectivity index (χ1) is 11.3. The van der Waals surface area contributed by atoms with Crippen LogP contribution < -0.4 is 5.56 Å². The highest BCUT2D eigenvalue weighted by atomic mass is 16.1. The molecule has 23 heavy (non-hydrogen) atoms. The van der Waals surface area contributed by atoms with Crippen LogP contribution in [-0.2, 0) is 12.8 Å². The molecule has 0 fully saturated rings. The quantitative estimate of drug-likeness (QED) is 0.722. The van der Waals surface area contributed by atoms with E-state index in [1.807, 2.05) is 18.2 Å². The normalized spacial score (nSPS) is 11.0. The Kier molecular flexibility index (Phi) is 4.51. The number of benzene rings is 1. The fourth-order valence-corrected chi connectivity index (χ4v) is 3.14. The zero-order chi connectivity index (χ0) is 16.2. The summed E-state index contributed by atoms with van der Waals surface area (Å²) in [5.41, 5.74) is 2.32. The molecule has 0 radical (unpaired) electrons. The third-order valence-corrected chi connectivity index (χ3v) is 4.07. The zero-order valence-electron chi connectivity index (χ0n) is 13.6. The van der Waals surface area contributed by atoms with Crippen LogP contribution in [0.15, 0.2) is 47.7 Å². The minimum absolute atomic E-state index is 0.00981. The first-order valence-electron chi connectivity index (χ1n) is 8.19. The van der Waals surface area contributed by atoms with Crippen LogP contribution in [0.5, 0.6) is 0 Å². The number of hydrogen-bond acceptors (Lipinski definition) is 3. The SMILES string of the molecule is CCCc1c(CCC)n(-c2cnccn2)c(=O)c2ccccc12. The Bertz CT molecular complexity index is 869. The van der Waals surface area contributed by atoms with Crippen molar-refractivity contribution in [3.63, 3.8) is 0 Å². The molecule has 0 atom stereocenters. The lowest BCUT2D eigenvalue weighted by Gasteiger charge is -2.18. The maximum Gasteiger partial charge on any atom is 0.264 e. The molecule has 4 nitrogen and oxygen atoms in total. The lowest BCUT2D eigenvalue weighted by atomic mass is 9.97. The maximum atomic E-state index is 13.1. The average molecular weight is 307 g/mol. The van der Waals surface area contributed by atoms with Crippen molar-refractivity contribution >= 4 is 10.8 Å². The van der Waals surface area contributed by atoms with Crippen LogP contribution in [0.4, 0.5) is 0 Å². The van der Waals surface area contributed by atoms with Crippen molar-refractivity contribution in [2.45, 2.75) is 39.5 Å². The van der Waals surface area contributed by atoms with Gasteiger partial charge < -0.3 is 0 Å². The molecule has 1 aromatic carbocycles. The van der Waals surface area contributed by atoms with Gasteiger partial charge in [0, 0.05) is 23.5 Å². The predicted octanol–water partition coefficient (Wildman–Crippen LogP) is 3.69. The van der Waals surface area contributed by atoms with Gasteiger partial charge in [0.05, 0.1) is 6.20 Å². The van der Waals surface area contributed by atoms with E-state index in [-0.39, 0.29) is 5.56 Å². The third kappa shape index (κ3) is 2.77. The number of rotatable bonds is 5. The van der Waals surface area contributed by atoms with Crippen LogP contribution in [0.1, 0.15) is 37.9 Å². The van der Waals surface area contributed by atoms with Gasteiger partial charge in [-0.05, 0) is 29.9 Å². The van der Waals surface area contributed by atoms with Gasteiger partial charge >= 0.3 is 0 Å². The van der Waals surface area contributed by atoms with Gasteiger partial charge in [-0.15, -0.1) is 0 Å². The molecular formula is C19H21N3O. The van der Waals surface area contributed by atoms with E-state index in [9.17, 15) is 4.79 Å². The van der Waals surface area contributed by atoms with E-state index < -0.39 is 0 Å². The Morgan fingerprint density at radius 3 is 2.39 bits per heavy atom. The van der Waals surface area contributed by atoms with Crippen molar-refractivity contribution in [1.82, 2.24) is 14.5 Å². The summed E-state index contributed by atoms with van der Waals surface area (Å²) in [4.78, 5) is 21.6. The molecule has 4 heteroatoms. The molecule has 0 spiro atoms. The largest absolute Gasteiger partial charge is 0.268 e. The van der Waals surface area contributed by atoms with Crippen LogP contribution in [-0.4, -0.2) is 14.5 Å². The van der Waals surface area contributed by atoms with Crippen molar-refractivity contribution in [3.05, 3.63) is 64.5 Å². The molecule has 0 unspecified atom stereocenters. The monoisotopic (exact) mass is 307 g/mol. The summed E-state index contributed by atoms with van der Waals surface area (Å²) in [5.74, 6) is 0.601. The van der Waals surface area contributed by atoms with Crippen molar-refractivity contribution < 1.29 is 0 Å². The summed E-state index contributed by atoms with van der Waals surface area (Å²) in [6.07, 6.45) is 8.75. The molecule has 0 saturated carbocycles. The van der Waals surface area contributed by atoms with Crippen molar-refractivity contribution in [1.29, 1.82) is 0 Å². The van der Waals surface area contributed by atoms with Crippen LogP contribution in [0, 0.1) is 0 Å². The summed E-state index contributed by atoms with van der Waals surface area (Å²) in [5, 5.41) is 1.82. The molecule has 2 heterocycles. The number of aromatic nitrogens is 3. The van der Waals surface area contributed by atoms with E-state index in [2.05, 4.69) is 29.9 Å². The van der Waals surface area contributed by atoms with Crippen LogP contribution in [0.2, 0.25) is 0 Å². The highest BCUT2D eigenvalue weighted by Crippen LogP contribution is 2.24. The predicted molar refractivity (Wildman–Crippen MR) is 93.1 cm³/mol. The molecule has 3 aromatic rings. The van der Waals surface area contributed by atoms with Gasteiger partial charge in [0.25, 0.3) is 5.56 Å². The Balaban J connectivity index is 2.44. The lowest BCUT2D eigenvalue weighted by molar-refractivity contribution is 0.768. The van der Waals surface area contributed by atoms with Gasteiger partial charge in [-0.3, -0.25) is 14.3 Å². The Morgan fingerprint density at radius 1 is 1.00 bits per heavy atom. The minimum Gasteiger partial charge on any atom is -0.268 e. The molecular weight excluding hydrogens is 286 g/mol. The van der Waals surface area contributed by atoms with E-state index in [4.69, 9.17) is 0 Å². The van der Waals surface area contributed by atoms with Gasteiger partial charge in [0.2, 0.25) is 0 Å². The molecule has 118 valence electrons. The number of nitrogens with zero attached hydrogens (tertiary/aromatic N) is 3. The number of aryl methyl sites for hydroxylation is 1. The van der Waals surface area contributed by atoms with Crippen LogP contribution >= 0.6 is 0 Å². The van der Waals surface area contributed by atoms with Gasteiger partial charge in [0.15, 0.2) is 5.82 Å². The van der Waals surface area contributed by atoms with E-state index >= 15 is 0 Å². The molecule has 0 aliphatic rings. The first-order valence-corrected chi connectivity index (χ1v) is 8.19. The Hall–Kier alpha value is -2.49. The van der Waals surface area contributed by atoms with Gasteiger partial charge in [0.1, 0.15) is 0 Å². The molecule has 0 saturated heterocycles. The van der Waals surface area contributed by atoms with Crippen molar-refractivity contribution in [2.75, 3.05) is 0 Å². The Morgan fingerprint density at radius 2 is 1.74 bits per heavy atom. The molecule has 0 aliphatic carbocycles. The van der Waals surface area contributed by atoms with Crippen molar-refractivity contribution in [3.8, 4) is 5.82 Å². The summed E-state index contributed by atoms with van der Waals surface area (Å²) in [6, 6.07) is 7.88. The number of hydrogen-bond donors (Lipinski definition) is 0. The van der Waals surface area contributed by atoms with E-state index in [1.165, 1.54) is 5.56 Å². The summed E-state index contributed by atoms with van der Waals surface area (Å²) >= 11 is 0. The molecule has 0 aliphatic heterocycles. The second-order valence-electron chi connectivity index (χ2n) is 5.68. The fourth-order valence-electron chi connectivity index (χ4n) is 3.14. The Labute approximate surface area is 135 Å². The second kappa shape index (κ2) is 6.73. The van der Waals surface area contributed by atoms with E-state index in [0.717, 1.165) is 42.1 Å². The van der Waals surface area contributed by atoms with Gasteiger partial charge in [-0.1, -0.05) is 44.9 Å². The number of fused-ring (bicyclic) bond motifs is 1. The van der Waals surface area contributed by atoms with E-state index in [0.29, 0.717) is 5.82 Å². The summed E-state index contributed by atoms with van der Waals surface area (Å²) in [6.45, 7) is 4.30. The highest BCUT2D eigenvalue weighted by molar-refractivity contribution is 5.86. The topological polar surface area (TPSA) is 47.8 Å². The molecule has 2 aromatic heterocycles. The smallest absolute Gasteiger partial charge is 0.264 e. The highest BCUT2D eigenvalue weighted by Gasteiger charge is 2.17. The standard InChI is InChI=1S/C19H21N3O/c1-3-7-15-14-9-5-6-10-16(14)19(23)22(17(15)8-4-2)18-13-20-11-12-21-18/h5-6,9-13H,3-4,7-8H2,1-2H3. The fraction of sp³-hybridized carbons (Fsp3) is 0.316. The minimum atomic E-state index is -0.00981. The van der Waals surface area contributed by atoms with Gasteiger partial charge in [-0.2, -0.15) is 0 Å². The molecule has 0 amide bonds. The average Bonchev–Trinajstić information content (AvgIpc) is 2.59. The molecule has 0 bridgehead atoms. The van der Waals surface area contributed by atoms with Crippen LogP contribution in [0.25, 0.3) is 16.6 Å². The number of pyridine rings is 1. The first kappa shape index (κ1) is 15.4. The second-order valence-corrected chi connectivity index (χ2v) is 5.68. The molecule has 0 N–H and O–H groups in total. The summed E-state index contributed by atoms with van der Waals surface area (Å²) in [7, 11) is 0. The van der Waals surface area contributed by atoms with Gasteiger partial charge in [-0.25, -0.2) is 4.98 Å². The lowest BCUT2D eigenvalue weighted by Crippen LogP contribution is -2.25. The zero-order valence-corrected chi connectivity index (χ0v) is 13.6. The van der Waals surface area contributed by atoms with Crippen molar-refractivity contribution in [2.24, 2.45) is 0 Å².